The first kappa shape index (κ1) is 18.6. The number of carbonyl (C=O) groups excluding carboxylic acids is 2. The molecule has 0 saturated heterocycles. The van der Waals surface area contributed by atoms with E-state index in [1.165, 1.54) is 0 Å². The predicted molar refractivity (Wildman–Crippen MR) is 101 cm³/mol. The van der Waals surface area contributed by atoms with E-state index in [9.17, 15) is 9.59 Å². The van der Waals surface area contributed by atoms with Gasteiger partial charge in [0.25, 0.3) is 0 Å². The maximum atomic E-state index is 12.5. The molecular formula is C18H19Cl2N3O3. The second-order valence-corrected chi connectivity index (χ2v) is 6.59. The summed E-state index contributed by atoms with van der Waals surface area (Å²) in [6, 6.07) is 6.52. The van der Waals surface area contributed by atoms with Crippen molar-refractivity contribution in [1.29, 1.82) is 0 Å². The quantitative estimate of drug-likeness (QED) is 0.598. The van der Waals surface area contributed by atoms with E-state index < -0.39 is 18.0 Å². The number of ether oxygens (including phenoxy) is 1. The number of alkyl halides is 1. The Balaban J connectivity index is 2.23. The van der Waals surface area contributed by atoms with E-state index in [-0.39, 0.29) is 6.61 Å². The SMILES string of the molecule is CCOC(=O)C1=C(C)NC(=O)NC1c1c(Cl)n(CCCl)c2ccccc12. The number of benzene rings is 1. The highest BCUT2D eigenvalue weighted by Gasteiger charge is 2.35. The number of amides is 2. The number of nitrogens with zero attached hydrogens (tertiary/aromatic N) is 1. The highest BCUT2D eigenvalue weighted by molar-refractivity contribution is 6.32. The van der Waals surface area contributed by atoms with Crippen LogP contribution in [-0.4, -0.2) is 29.1 Å². The first-order valence-corrected chi connectivity index (χ1v) is 9.18. The predicted octanol–water partition coefficient (Wildman–Crippen LogP) is 3.72. The van der Waals surface area contributed by atoms with E-state index in [0.717, 1.165) is 10.9 Å². The van der Waals surface area contributed by atoms with Crippen LogP contribution in [0.1, 0.15) is 25.5 Å². The molecule has 1 atom stereocenters. The molecule has 2 amide bonds. The molecule has 26 heavy (non-hydrogen) atoms. The summed E-state index contributed by atoms with van der Waals surface area (Å²) in [4.78, 5) is 24.6. The van der Waals surface area contributed by atoms with E-state index in [1.807, 2.05) is 28.8 Å². The van der Waals surface area contributed by atoms with Gasteiger partial charge in [-0.05, 0) is 19.9 Å². The van der Waals surface area contributed by atoms with Gasteiger partial charge in [0.2, 0.25) is 0 Å². The summed E-state index contributed by atoms with van der Waals surface area (Å²) < 4.78 is 7.07. The molecule has 0 radical (unpaired) electrons. The van der Waals surface area contributed by atoms with Crippen LogP contribution in [0.25, 0.3) is 10.9 Å². The van der Waals surface area contributed by atoms with E-state index in [4.69, 9.17) is 27.9 Å². The monoisotopic (exact) mass is 395 g/mol. The van der Waals surface area contributed by atoms with Gasteiger partial charge in [0.05, 0.1) is 18.2 Å². The molecule has 1 aliphatic rings. The lowest BCUT2D eigenvalue weighted by Gasteiger charge is -2.28. The van der Waals surface area contributed by atoms with Crippen LogP contribution in [0.2, 0.25) is 5.15 Å². The number of urea groups is 1. The highest BCUT2D eigenvalue weighted by Crippen LogP contribution is 2.39. The zero-order valence-corrected chi connectivity index (χ0v) is 15.9. The van der Waals surface area contributed by atoms with Crippen LogP contribution in [0.4, 0.5) is 4.79 Å². The summed E-state index contributed by atoms with van der Waals surface area (Å²) in [6.07, 6.45) is 0. The number of carbonyl (C=O) groups is 2. The summed E-state index contributed by atoms with van der Waals surface area (Å²) in [6.45, 7) is 4.15. The van der Waals surface area contributed by atoms with Crippen molar-refractivity contribution < 1.29 is 14.3 Å². The molecule has 6 nitrogen and oxygen atoms in total. The van der Waals surface area contributed by atoms with Crippen molar-refractivity contribution in [2.75, 3.05) is 12.5 Å². The lowest BCUT2D eigenvalue weighted by Crippen LogP contribution is -2.45. The van der Waals surface area contributed by atoms with Gasteiger partial charge in [0.15, 0.2) is 0 Å². The molecule has 8 heteroatoms. The first-order chi connectivity index (χ1) is 12.5. The number of rotatable bonds is 5. The fourth-order valence-electron chi connectivity index (χ4n) is 3.27. The highest BCUT2D eigenvalue weighted by atomic mass is 35.5. The molecule has 1 aromatic heterocycles. The average Bonchev–Trinajstić information content (AvgIpc) is 2.87. The third kappa shape index (κ3) is 3.15. The molecule has 0 spiro atoms. The number of nitrogens with one attached hydrogen (secondary N) is 2. The Morgan fingerprint density at radius 3 is 2.77 bits per heavy atom. The maximum Gasteiger partial charge on any atom is 0.338 e. The van der Waals surface area contributed by atoms with Crippen LogP contribution in [0, 0.1) is 0 Å². The third-order valence-electron chi connectivity index (χ3n) is 4.31. The normalized spacial score (nSPS) is 17.2. The third-order valence-corrected chi connectivity index (χ3v) is 4.88. The zero-order valence-electron chi connectivity index (χ0n) is 14.4. The minimum absolute atomic E-state index is 0.234. The summed E-state index contributed by atoms with van der Waals surface area (Å²) in [5.41, 5.74) is 2.33. The number of fused-ring (bicyclic) bond motifs is 1. The van der Waals surface area contributed by atoms with Crippen LogP contribution in [0.5, 0.6) is 0 Å². The summed E-state index contributed by atoms with van der Waals surface area (Å²) in [5, 5.41) is 6.72. The Morgan fingerprint density at radius 1 is 1.35 bits per heavy atom. The van der Waals surface area contributed by atoms with Gasteiger partial charge >= 0.3 is 12.0 Å². The molecule has 1 unspecified atom stereocenters. The van der Waals surface area contributed by atoms with Gasteiger partial charge in [-0.1, -0.05) is 29.8 Å². The van der Waals surface area contributed by atoms with E-state index >= 15 is 0 Å². The number of para-hydroxylation sites is 1. The number of hydrogen-bond acceptors (Lipinski definition) is 3. The Bertz CT molecular complexity index is 904. The molecule has 138 valence electrons. The summed E-state index contributed by atoms with van der Waals surface area (Å²) >= 11 is 12.6. The molecule has 0 bridgehead atoms. The molecule has 1 aromatic carbocycles. The molecular weight excluding hydrogens is 377 g/mol. The standard InChI is InChI=1S/C18H19Cl2N3O3/c1-3-26-17(24)13-10(2)21-18(25)22-15(13)14-11-6-4-5-7-12(11)23(9-8-19)16(14)20/h4-7,15H,3,8-9H2,1-2H3,(H2,21,22,25). The van der Waals surface area contributed by atoms with Gasteiger partial charge < -0.3 is 19.9 Å². The fraction of sp³-hybridized carbons (Fsp3) is 0.333. The second-order valence-electron chi connectivity index (χ2n) is 5.85. The van der Waals surface area contributed by atoms with Crippen molar-refractivity contribution in [3.8, 4) is 0 Å². The number of aryl methyl sites for hydroxylation is 1. The van der Waals surface area contributed by atoms with Crippen molar-refractivity contribution >= 4 is 46.1 Å². The molecule has 1 aliphatic heterocycles. The van der Waals surface area contributed by atoms with Crippen molar-refractivity contribution in [1.82, 2.24) is 15.2 Å². The zero-order chi connectivity index (χ0) is 18.8. The molecule has 3 rings (SSSR count). The molecule has 2 aromatic rings. The number of esters is 1. The van der Waals surface area contributed by atoms with Crippen LogP contribution < -0.4 is 10.6 Å². The molecule has 0 aliphatic carbocycles. The Labute approximate surface area is 161 Å². The molecule has 2 heterocycles. The van der Waals surface area contributed by atoms with E-state index in [0.29, 0.717) is 34.4 Å². The maximum absolute atomic E-state index is 12.5. The minimum Gasteiger partial charge on any atom is -0.463 e. The fourth-order valence-corrected chi connectivity index (χ4v) is 3.82. The van der Waals surface area contributed by atoms with Crippen molar-refractivity contribution in [2.45, 2.75) is 26.4 Å². The van der Waals surface area contributed by atoms with E-state index in [2.05, 4.69) is 10.6 Å². The topological polar surface area (TPSA) is 72.4 Å². The van der Waals surface area contributed by atoms with Crippen LogP contribution >= 0.6 is 23.2 Å². The Kier molecular flexibility index (Phi) is 5.44. The van der Waals surface area contributed by atoms with Crippen LogP contribution in [0.3, 0.4) is 0 Å². The van der Waals surface area contributed by atoms with Crippen LogP contribution in [-0.2, 0) is 16.1 Å². The molecule has 2 N–H and O–H groups in total. The van der Waals surface area contributed by atoms with Gasteiger partial charge in [-0.3, -0.25) is 0 Å². The number of halogens is 2. The summed E-state index contributed by atoms with van der Waals surface area (Å²) in [7, 11) is 0. The average molecular weight is 396 g/mol. The Morgan fingerprint density at radius 2 is 2.08 bits per heavy atom. The lowest BCUT2D eigenvalue weighted by molar-refractivity contribution is -0.139. The van der Waals surface area contributed by atoms with Crippen molar-refractivity contribution in [3.63, 3.8) is 0 Å². The smallest absolute Gasteiger partial charge is 0.338 e. The van der Waals surface area contributed by atoms with Gasteiger partial charge in [0.1, 0.15) is 5.15 Å². The van der Waals surface area contributed by atoms with Crippen LogP contribution in [0.15, 0.2) is 35.5 Å². The minimum atomic E-state index is -0.711. The van der Waals surface area contributed by atoms with Gasteiger partial charge in [-0.2, -0.15) is 0 Å². The van der Waals surface area contributed by atoms with E-state index in [1.54, 1.807) is 13.8 Å². The largest absolute Gasteiger partial charge is 0.463 e. The number of allylic oxidation sites excluding steroid dienone is 1. The number of aromatic nitrogens is 1. The van der Waals surface area contributed by atoms with Gasteiger partial charge in [-0.25, -0.2) is 9.59 Å². The second kappa shape index (κ2) is 7.60. The number of hydrogen-bond donors (Lipinski definition) is 2. The molecule has 0 fully saturated rings. The summed E-state index contributed by atoms with van der Waals surface area (Å²) in [5.74, 6) is -0.108. The Hall–Kier alpha value is -2.18. The van der Waals surface area contributed by atoms with Gasteiger partial charge in [-0.15, -0.1) is 11.6 Å². The molecule has 0 saturated carbocycles. The van der Waals surface area contributed by atoms with Crippen molar-refractivity contribution in [2.24, 2.45) is 0 Å². The van der Waals surface area contributed by atoms with Crippen molar-refractivity contribution in [3.05, 3.63) is 46.3 Å². The first-order valence-electron chi connectivity index (χ1n) is 8.27. The van der Waals surface area contributed by atoms with Gasteiger partial charge in [0, 0.05) is 34.6 Å². The lowest BCUT2D eigenvalue weighted by atomic mass is 9.95.